The lowest BCUT2D eigenvalue weighted by Gasteiger charge is -1.98. The number of para-hydroxylation sites is 1. The maximum absolute atomic E-state index is 11.5. The van der Waals surface area contributed by atoms with Gasteiger partial charge >= 0.3 is 0 Å². The number of carbonyl (C=O) groups excluding carboxylic acids is 1. The molecule has 0 atom stereocenters. The summed E-state index contributed by atoms with van der Waals surface area (Å²) in [7, 11) is 0. The van der Waals surface area contributed by atoms with Gasteiger partial charge < -0.3 is 9.73 Å². The van der Waals surface area contributed by atoms with Crippen molar-refractivity contribution in [2.45, 2.75) is 19.8 Å². The number of benzene rings is 1. The van der Waals surface area contributed by atoms with E-state index in [0.29, 0.717) is 5.76 Å². The summed E-state index contributed by atoms with van der Waals surface area (Å²) in [6.45, 7) is 2.82. The number of hydrogen-bond acceptors (Lipinski definition) is 2. The lowest BCUT2D eigenvalue weighted by atomic mass is 10.2. The highest BCUT2D eigenvalue weighted by Gasteiger charge is 2.00. The Balaban J connectivity index is 1.98. The number of rotatable bonds is 5. The van der Waals surface area contributed by atoms with E-state index < -0.39 is 0 Å². The molecule has 0 saturated carbocycles. The van der Waals surface area contributed by atoms with E-state index in [1.54, 1.807) is 6.08 Å². The van der Waals surface area contributed by atoms with Crippen molar-refractivity contribution in [3.05, 3.63) is 42.2 Å². The molecular formula is C15H17NO2. The molecule has 1 aromatic heterocycles. The number of furan rings is 1. The topological polar surface area (TPSA) is 42.2 Å². The van der Waals surface area contributed by atoms with Crippen LogP contribution in [0.3, 0.4) is 0 Å². The number of hydrogen-bond donors (Lipinski definition) is 1. The average molecular weight is 243 g/mol. The molecule has 0 saturated heterocycles. The van der Waals surface area contributed by atoms with Gasteiger partial charge in [0.1, 0.15) is 11.3 Å². The van der Waals surface area contributed by atoms with Gasteiger partial charge in [0.05, 0.1) is 0 Å². The first-order chi connectivity index (χ1) is 8.79. The molecule has 0 spiro atoms. The van der Waals surface area contributed by atoms with Crippen LogP contribution in [0.4, 0.5) is 0 Å². The van der Waals surface area contributed by atoms with Gasteiger partial charge in [-0.25, -0.2) is 0 Å². The van der Waals surface area contributed by atoms with E-state index in [0.717, 1.165) is 30.4 Å². The largest absolute Gasteiger partial charge is 0.457 e. The van der Waals surface area contributed by atoms with Crippen LogP contribution in [0.15, 0.2) is 40.8 Å². The highest BCUT2D eigenvalue weighted by atomic mass is 16.3. The molecular weight excluding hydrogens is 226 g/mol. The van der Waals surface area contributed by atoms with E-state index in [1.165, 1.54) is 6.08 Å². The van der Waals surface area contributed by atoms with E-state index in [1.807, 2.05) is 30.3 Å². The fraction of sp³-hybridized carbons (Fsp3) is 0.267. The second-order valence-corrected chi connectivity index (χ2v) is 4.16. The van der Waals surface area contributed by atoms with Crippen molar-refractivity contribution in [3.63, 3.8) is 0 Å². The summed E-state index contributed by atoms with van der Waals surface area (Å²) < 4.78 is 5.58. The van der Waals surface area contributed by atoms with Crippen LogP contribution in [0.1, 0.15) is 25.5 Å². The van der Waals surface area contributed by atoms with Crippen LogP contribution >= 0.6 is 0 Å². The van der Waals surface area contributed by atoms with Crippen molar-refractivity contribution in [1.82, 2.24) is 5.32 Å². The molecule has 1 aromatic carbocycles. The Morgan fingerprint density at radius 1 is 1.39 bits per heavy atom. The minimum absolute atomic E-state index is 0.0797. The van der Waals surface area contributed by atoms with Gasteiger partial charge in [-0.15, -0.1) is 0 Å². The van der Waals surface area contributed by atoms with Gasteiger partial charge in [0, 0.05) is 18.0 Å². The summed E-state index contributed by atoms with van der Waals surface area (Å²) in [4.78, 5) is 11.5. The summed E-state index contributed by atoms with van der Waals surface area (Å²) in [6, 6.07) is 9.70. The maximum Gasteiger partial charge on any atom is 0.244 e. The van der Waals surface area contributed by atoms with Gasteiger partial charge in [0.15, 0.2) is 0 Å². The monoisotopic (exact) mass is 243 g/mol. The molecule has 94 valence electrons. The van der Waals surface area contributed by atoms with Gasteiger partial charge in [0.25, 0.3) is 0 Å². The number of carbonyl (C=O) groups is 1. The number of unbranched alkanes of at least 4 members (excludes halogenated alkanes) is 1. The summed E-state index contributed by atoms with van der Waals surface area (Å²) in [5.41, 5.74) is 0.837. The van der Waals surface area contributed by atoms with Gasteiger partial charge in [-0.2, -0.15) is 0 Å². The van der Waals surface area contributed by atoms with Crippen molar-refractivity contribution in [2.24, 2.45) is 0 Å². The van der Waals surface area contributed by atoms with Gasteiger partial charge in [0.2, 0.25) is 5.91 Å². The third-order valence-electron chi connectivity index (χ3n) is 2.67. The van der Waals surface area contributed by atoms with Gasteiger partial charge in [-0.3, -0.25) is 4.79 Å². The Hall–Kier alpha value is -2.03. The van der Waals surface area contributed by atoms with Crippen LogP contribution in [-0.4, -0.2) is 12.5 Å². The van der Waals surface area contributed by atoms with Crippen molar-refractivity contribution in [1.29, 1.82) is 0 Å². The Labute approximate surface area is 106 Å². The Morgan fingerprint density at radius 2 is 2.22 bits per heavy atom. The predicted molar refractivity (Wildman–Crippen MR) is 73.2 cm³/mol. The average Bonchev–Trinajstić information content (AvgIpc) is 2.79. The highest BCUT2D eigenvalue weighted by Crippen LogP contribution is 2.19. The van der Waals surface area contributed by atoms with Crippen LogP contribution in [0.25, 0.3) is 17.0 Å². The number of nitrogens with one attached hydrogen (secondary N) is 1. The molecule has 0 radical (unpaired) electrons. The number of fused-ring (bicyclic) bond motifs is 1. The molecule has 3 nitrogen and oxygen atoms in total. The first kappa shape index (κ1) is 12.4. The molecule has 0 bridgehead atoms. The molecule has 3 heteroatoms. The maximum atomic E-state index is 11.5. The second-order valence-electron chi connectivity index (χ2n) is 4.16. The molecule has 0 aliphatic heterocycles. The van der Waals surface area contributed by atoms with Crippen LogP contribution in [0, 0.1) is 0 Å². The zero-order valence-electron chi connectivity index (χ0n) is 10.5. The van der Waals surface area contributed by atoms with E-state index in [9.17, 15) is 4.79 Å². The van der Waals surface area contributed by atoms with Crippen LogP contribution in [0.2, 0.25) is 0 Å². The van der Waals surface area contributed by atoms with Crippen molar-refractivity contribution in [2.75, 3.05) is 6.54 Å². The lowest BCUT2D eigenvalue weighted by Crippen LogP contribution is -2.21. The Bertz CT molecular complexity index is 521. The summed E-state index contributed by atoms with van der Waals surface area (Å²) in [5, 5.41) is 3.87. The van der Waals surface area contributed by atoms with Crippen LogP contribution in [0.5, 0.6) is 0 Å². The van der Waals surface area contributed by atoms with Gasteiger partial charge in [-0.1, -0.05) is 31.5 Å². The summed E-state index contributed by atoms with van der Waals surface area (Å²) >= 11 is 0. The van der Waals surface area contributed by atoms with Gasteiger partial charge in [-0.05, 0) is 24.6 Å². The molecule has 2 rings (SSSR count). The minimum Gasteiger partial charge on any atom is -0.457 e. The molecule has 1 amide bonds. The zero-order valence-corrected chi connectivity index (χ0v) is 10.5. The summed E-state index contributed by atoms with van der Waals surface area (Å²) in [6.07, 6.45) is 5.28. The standard InChI is InChI=1S/C15H17NO2/c1-2-3-10-16-15(17)9-8-13-11-12-6-4-5-7-14(12)18-13/h4-9,11H,2-3,10H2,1H3,(H,16,17)/b9-8+. The molecule has 1 heterocycles. The van der Waals surface area contributed by atoms with E-state index in [4.69, 9.17) is 4.42 Å². The quantitative estimate of drug-likeness (QED) is 0.646. The zero-order chi connectivity index (χ0) is 12.8. The normalized spacial score (nSPS) is 11.2. The first-order valence-electron chi connectivity index (χ1n) is 6.24. The Morgan fingerprint density at radius 3 is 3.00 bits per heavy atom. The molecule has 18 heavy (non-hydrogen) atoms. The first-order valence-corrected chi connectivity index (χ1v) is 6.24. The molecule has 0 unspecified atom stereocenters. The lowest BCUT2D eigenvalue weighted by molar-refractivity contribution is -0.116. The smallest absolute Gasteiger partial charge is 0.244 e. The van der Waals surface area contributed by atoms with E-state index in [2.05, 4.69) is 12.2 Å². The van der Waals surface area contributed by atoms with E-state index >= 15 is 0 Å². The van der Waals surface area contributed by atoms with E-state index in [-0.39, 0.29) is 5.91 Å². The molecule has 2 aromatic rings. The molecule has 0 fully saturated rings. The van der Waals surface area contributed by atoms with Crippen molar-refractivity contribution >= 4 is 23.0 Å². The predicted octanol–water partition coefficient (Wildman–Crippen LogP) is 3.36. The third kappa shape index (κ3) is 3.23. The van der Waals surface area contributed by atoms with Crippen LogP contribution < -0.4 is 5.32 Å². The fourth-order valence-electron chi connectivity index (χ4n) is 1.69. The summed E-state index contributed by atoms with van der Waals surface area (Å²) in [5.74, 6) is 0.616. The minimum atomic E-state index is -0.0797. The van der Waals surface area contributed by atoms with Crippen LogP contribution in [-0.2, 0) is 4.79 Å². The fourth-order valence-corrected chi connectivity index (χ4v) is 1.69. The SMILES string of the molecule is CCCCNC(=O)/C=C/c1cc2ccccc2o1. The molecule has 1 N–H and O–H groups in total. The Kier molecular flexibility index (Phi) is 4.18. The van der Waals surface area contributed by atoms with Crippen molar-refractivity contribution in [3.8, 4) is 0 Å². The van der Waals surface area contributed by atoms with Crippen molar-refractivity contribution < 1.29 is 9.21 Å². The highest BCUT2D eigenvalue weighted by molar-refractivity contribution is 5.92. The molecule has 0 aliphatic carbocycles. The number of amides is 1. The third-order valence-corrected chi connectivity index (χ3v) is 2.67. The second kappa shape index (κ2) is 6.05. The molecule has 0 aliphatic rings.